The van der Waals surface area contributed by atoms with Crippen molar-refractivity contribution in [3.05, 3.63) is 86.6 Å². The lowest BCUT2D eigenvalue weighted by Gasteiger charge is -2.37. The van der Waals surface area contributed by atoms with Crippen LogP contribution in [0.25, 0.3) is 0 Å². The van der Waals surface area contributed by atoms with E-state index in [4.69, 9.17) is 21.1 Å². The number of rotatable bonds is 9. The number of nitrogens with zero attached hydrogens (tertiary/aromatic N) is 2. The van der Waals surface area contributed by atoms with Crippen molar-refractivity contribution in [2.24, 2.45) is 0 Å². The summed E-state index contributed by atoms with van der Waals surface area (Å²) < 4.78 is 11.3. The van der Waals surface area contributed by atoms with Crippen LogP contribution in [0.4, 0.5) is 0 Å². The lowest BCUT2D eigenvalue weighted by molar-refractivity contribution is -0.135. The number of benzene rings is 2. The normalized spacial score (nSPS) is 14.9. The fraction of sp³-hybridized carbons (Fsp3) is 0.333. The third-order valence-corrected chi connectivity index (χ3v) is 7.36. The van der Waals surface area contributed by atoms with Crippen molar-refractivity contribution in [1.82, 2.24) is 9.80 Å². The molecule has 1 atom stereocenters. The van der Waals surface area contributed by atoms with Gasteiger partial charge >= 0.3 is 0 Å². The summed E-state index contributed by atoms with van der Waals surface area (Å²) in [4.78, 5) is 31.5. The minimum atomic E-state index is -0.230. The molecule has 0 fully saturated rings. The number of carbonyl (C=O) groups excluding carboxylic acids is 2. The summed E-state index contributed by atoms with van der Waals surface area (Å²) in [5.41, 5.74) is 2.74. The van der Waals surface area contributed by atoms with Crippen LogP contribution >= 0.6 is 22.9 Å². The first-order chi connectivity index (χ1) is 17.0. The molecule has 0 N–H and O–H groups in total. The van der Waals surface area contributed by atoms with E-state index < -0.39 is 0 Å². The second kappa shape index (κ2) is 11.7. The first kappa shape index (κ1) is 25.2. The largest absolute Gasteiger partial charge is 0.491 e. The van der Waals surface area contributed by atoms with Gasteiger partial charge in [0.2, 0.25) is 5.91 Å². The van der Waals surface area contributed by atoms with Crippen molar-refractivity contribution in [3.8, 4) is 5.75 Å². The third kappa shape index (κ3) is 6.23. The predicted octanol–water partition coefficient (Wildman–Crippen LogP) is 5.00. The molecule has 2 heterocycles. The Balaban J connectivity index is 1.51. The van der Waals surface area contributed by atoms with E-state index in [1.54, 1.807) is 47.6 Å². The number of carbonyl (C=O) groups is 2. The first-order valence-electron chi connectivity index (χ1n) is 11.5. The van der Waals surface area contributed by atoms with Crippen LogP contribution in [-0.4, -0.2) is 61.6 Å². The molecule has 35 heavy (non-hydrogen) atoms. The zero-order valence-electron chi connectivity index (χ0n) is 19.9. The van der Waals surface area contributed by atoms with Crippen LogP contribution in [0.5, 0.6) is 5.75 Å². The van der Waals surface area contributed by atoms with E-state index >= 15 is 0 Å². The third-order valence-electron chi connectivity index (χ3n) is 6.11. The van der Waals surface area contributed by atoms with E-state index in [-0.39, 0.29) is 24.4 Å². The van der Waals surface area contributed by atoms with E-state index in [0.717, 1.165) is 17.5 Å². The highest BCUT2D eigenvalue weighted by Gasteiger charge is 2.33. The first-order valence-corrected chi connectivity index (χ1v) is 12.8. The second-order valence-corrected chi connectivity index (χ2v) is 9.94. The molecule has 1 aliphatic rings. The average molecular weight is 513 g/mol. The van der Waals surface area contributed by atoms with Crippen molar-refractivity contribution in [2.45, 2.75) is 19.4 Å². The number of methoxy groups -OCH3 is 1. The van der Waals surface area contributed by atoms with Gasteiger partial charge in [-0.1, -0.05) is 29.3 Å². The Hall–Kier alpha value is -2.87. The number of hydrogen-bond donors (Lipinski definition) is 0. The summed E-state index contributed by atoms with van der Waals surface area (Å²) in [6.07, 6.45) is 0.792. The van der Waals surface area contributed by atoms with Gasteiger partial charge in [0, 0.05) is 35.7 Å². The molecule has 0 spiro atoms. The number of thiophene rings is 1. The number of amides is 2. The van der Waals surface area contributed by atoms with Gasteiger partial charge in [-0.3, -0.25) is 9.59 Å². The second-order valence-electron chi connectivity index (χ2n) is 8.50. The van der Waals surface area contributed by atoms with E-state index in [1.807, 2.05) is 36.1 Å². The fourth-order valence-corrected chi connectivity index (χ4v) is 5.22. The highest BCUT2D eigenvalue weighted by Crippen LogP contribution is 2.34. The van der Waals surface area contributed by atoms with Crippen molar-refractivity contribution in [2.75, 3.05) is 40.0 Å². The molecule has 184 valence electrons. The molecule has 1 unspecified atom stereocenters. The van der Waals surface area contributed by atoms with Crippen molar-refractivity contribution in [3.63, 3.8) is 0 Å². The molecule has 2 amide bonds. The van der Waals surface area contributed by atoms with E-state index in [1.165, 1.54) is 4.88 Å². The maximum absolute atomic E-state index is 13.6. The molecule has 0 radical (unpaired) electrons. The Morgan fingerprint density at radius 3 is 2.57 bits per heavy atom. The molecule has 8 heteroatoms. The zero-order chi connectivity index (χ0) is 24.8. The monoisotopic (exact) mass is 512 g/mol. The van der Waals surface area contributed by atoms with Gasteiger partial charge in [-0.2, -0.15) is 0 Å². The van der Waals surface area contributed by atoms with Crippen LogP contribution in [0.3, 0.4) is 0 Å². The lowest BCUT2D eigenvalue weighted by atomic mass is 10.0. The molecule has 0 saturated heterocycles. The predicted molar refractivity (Wildman–Crippen MR) is 138 cm³/mol. The molecule has 0 aliphatic carbocycles. The molecule has 1 aromatic heterocycles. The number of ether oxygens (including phenoxy) is 2. The topological polar surface area (TPSA) is 59.1 Å². The summed E-state index contributed by atoms with van der Waals surface area (Å²) in [6, 6.07) is 16.4. The minimum absolute atomic E-state index is 0.0208. The van der Waals surface area contributed by atoms with Gasteiger partial charge in [0.05, 0.1) is 12.6 Å². The molecule has 0 saturated carbocycles. The highest BCUT2D eigenvalue weighted by molar-refractivity contribution is 7.10. The van der Waals surface area contributed by atoms with Crippen LogP contribution < -0.4 is 4.74 Å². The van der Waals surface area contributed by atoms with Crippen LogP contribution in [0.15, 0.2) is 60.0 Å². The van der Waals surface area contributed by atoms with E-state index in [9.17, 15) is 9.59 Å². The van der Waals surface area contributed by atoms with Crippen LogP contribution in [0.1, 0.15) is 32.4 Å². The van der Waals surface area contributed by atoms with Crippen LogP contribution in [0.2, 0.25) is 5.02 Å². The maximum atomic E-state index is 13.6. The van der Waals surface area contributed by atoms with E-state index in [0.29, 0.717) is 42.6 Å². The Kier molecular flexibility index (Phi) is 8.44. The van der Waals surface area contributed by atoms with Crippen molar-refractivity contribution < 1.29 is 19.1 Å². The Morgan fingerprint density at radius 2 is 1.86 bits per heavy atom. The lowest BCUT2D eigenvalue weighted by Crippen LogP contribution is -2.48. The number of aryl methyl sites for hydroxylation is 1. The molecular weight excluding hydrogens is 484 g/mol. The quantitative estimate of drug-likeness (QED) is 0.404. The number of halogens is 1. The average Bonchev–Trinajstić information content (AvgIpc) is 3.35. The summed E-state index contributed by atoms with van der Waals surface area (Å²) in [5.74, 6) is 0.404. The smallest absolute Gasteiger partial charge is 0.254 e. The molecule has 1 aliphatic heterocycles. The molecular formula is C27H29ClN2O4S. The van der Waals surface area contributed by atoms with Gasteiger partial charge in [0.25, 0.3) is 5.91 Å². The minimum Gasteiger partial charge on any atom is -0.491 e. The van der Waals surface area contributed by atoms with Crippen LogP contribution in [0, 0.1) is 6.92 Å². The molecule has 3 aromatic rings. The fourth-order valence-electron chi connectivity index (χ4n) is 4.17. The summed E-state index contributed by atoms with van der Waals surface area (Å²) in [6.45, 7) is 3.54. The van der Waals surface area contributed by atoms with Gasteiger partial charge in [-0.25, -0.2) is 0 Å². The van der Waals surface area contributed by atoms with Gasteiger partial charge in [0.15, 0.2) is 0 Å². The Morgan fingerprint density at radius 1 is 1.11 bits per heavy atom. The van der Waals surface area contributed by atoms with Crippen LogP contribution in [-0.2, 0) is 16.0 Å². The van der Waals surface area contributed by atoms with Gasteiger partial charge in [0.1, 0.15) is 18.9 Å². The molecule has 6 nitrogen and oxygen atoms in total. The Bertz CT molecular complexity index is 1150. The molecule has 0 bridgehead atoms. The van der Waals surface area contributed by atoms with Gasteiger partial charge < -0.3 is 19.3 Å². The maximum Gasteiger partial charge on any atom is 0.254 e. The van der Waals surface area contributed by atoms with Gasteiger partial charge in [-0.05, 0) is 66.8 Å². The van der Waals surface area contributed by atoms with E-state index in [2.05, 4.69) is 11.4 Å². The highest BCUT2D eigenvalue weighted by atomic mass is 35.5. The number of hydrogen-bond acceptors (Lipinski definition) is 5. The SMILES string of the molecule is COCCN(CC(=O)N1CCc2sccc2C1COc1ccc(Cl)cc1)C(=O)c1ccc(C)cc1. The standard InChI is InChI=1S/C27H29ClN2O4S/c1-19-3-5-20(6-4-19)27(32)29(14-15-33-2)17-26(31)30-13-11-25-23(12-16-35-25)24(30)18-34-22-9-7-21(28)8-10-22/h3-10,12,16,24H,11,13-15,17-18H2,1-2H3. The van der Waals surface area contributed by atoms with Crippen molar-refractivity contribution in [1.29, 1.82) is 0 Å². The number of fused-ring (bicyclic) bond motifs is 1. The Labute approximate surface area is 215 Å². The summed E-state index contributed by atoms with van der Waals surface area (Å²) in [5, 5.41) is 2.70. The zero-order valence-corrected chi connectivity index (χ0v) is 21.5. The van der Waals surface area contributed by atoms with Crippen molar-refractivity contribution >= 4 is 34.8 Å². The molecule has 4 rings (SSSR count). The summed E-state index contributed by atoms with van der Waals surface area (Å²) in [7, 11) is 1.59. The van der Waals surface area contributed by atoms with Gasteiger partial charge in [-0.15, -0.1) is 11.3 Å². The summed E-state index contributed by atoms with van der Waals surface area (Å²) >= 11 is 7.69. The molecule has 2 aromatic carbocycles.